The molecule has 4 rings (SSSR count). The first kappa shape index (κ1) is 20.2. The second-order valence-corrected chi connectivity index (χ2v) is 9.80. The van der Waals surface area contributed by atoms with Crippen LogP contribution in [0.25, 0.3) is 11.3 Å². The summed E-state index contributed by atoms with van der Waals surface area (Å²) in [6.07, 6.45) is 3.18. The van der Waals surface area contributed by atoms with E-state index in [0.717, 1.165) is 35.9 Å². The predicted molar refractivity (Wildman–Crippen MR) is 112 cm³/mol. The van der Waals surface area contributed by atoms with Gasteiger partial charge in [-0.15, -0.1) is 0 Å². The minimum atomic E-state index is -3.65. The van der Waals surface area contributed by atoms with Crippen LogP contribution in [0.2, 0.25) is 0 Å². The second kappa shape index (κ2) is 8.74. The number of sulfonamides is 1. The molecule has 0 spiro atoms. The Morgan fingerprint density at radius 3 is 2.55 bits per heavy atom. The molecular weight excluding hydrogens is 410 g/mol. The van der Waals surface area contributed by atoms with Crippen LogP contribution in [-0.4, -0.2) is 49.4 Å². The molecule has 1 N–H and O–H groups in total. The summed E-state index contributed by atoms with van der Waals surface area (Å²) in [4.78, 5) is 6.75. The number of rotatable bonds is 7. The molecule has 3 aromatic rings. The number of thioether (sulfide) groups is 1. The van der Waals surface area contributed by atoms with Gasteiger partial charge in [0.2, 0.25) is 10.0 Å². The van der Waals surface area contributed by atoms with Crippen molar-refractivity contribution in [2.75, 3.05) is 31.1 Å². The van der Waals surface area contributed by atoms with Gasteiger partial charge in [0.05, 0.1) is 17.2 Å². The first-order valence-corrected chi connectivity index (χ1v) is 12.0. The highest BCUT2D eigenvalue weighted by Crippen LogP contribution is 2.25. The van der Waals surface area contributed by atoms with Crippen molar-refractivity contribution in [1.82, 2.24) is 14.6 Å². The highest BCUT2D eigenvalue weighted by atomic mass is 32.2. The summed E-state index contributed by atoms with van der Waals surface area (Å²) in [5.41, 5.74) is 1.49. The average Bonchev–Trinajstić information content (AvgIpc) is 3.41. The van der Waals surface area contributed by atoms with E-state index in [-0.39, 0.29) is 17.5 Å². The summed E-state index contributed by atoms with van der Waals surface area (Å²) in [7, 11) is -3.65. The summed E-state index contributed by atoms with van der Waals surface area (Å²) in [6, 6.07) is 10.2. The molecule has 0 radical (unpaired) electrons. The highest BCUT2D eigenvalue weighted by molar-refractivity contribution is 7.99. The number of hydrogen-bond donors (Lipinski definition) is 1. The molecule has 0 amide bonds. The van der Waals surface area contributed by atoms with Crippen molar-refractivity contribution in [3.8, 4) is 11.3 Å². The topological polar surface area (TPSA) is 88.6 Å². The maximum atomic E-state index is 12.8. The van der Waals surface area contributed by atoms with Gasteiger partial charge in [0.1, 0.15) is 17.7 Å². The molecule has 7 nitrogen and oxygen atoms in total. The summed E-state index contributed by atoms with van der Waals surface area (Å²) in [5, 5.41) is 0. The van der Waals surface area contributed by atoms with Crippen LogP contribution >= 0.6 is 11.8 Å². The zero-order valence-electron chi connectivity index (χ0n) is 16.1. The Morgan fingerprint density at radius 2 is 1.93 bits per heavy atom. The van der Waals surface area contributed by atoms with Gasteiger partial charge in [-0.2, -0.15) is 11.8 Å². The number of aromatic nitrogens is 1. The molecule has 29 heavy (non-hydrogen) atoms. The van der Waals surface area contributed by atoms with E-state index in [1.165, 1.54) is 0 Å². The summed E-state index contributed by atoms with van der Waals surface area (Å²) in [6.45, 7) is 3.83. The molecule has 1 atom stereocenters. The Kier molecular flexibility index (Phi) is 6.09. The van der Waals surface area contributed by atoms with Crippen LogP contribution in [0.15, 0.2) is 62.7 Å². The standard InChI is InChI=1S/C20H23N3O4S2/c1-15-22-18(14-27-15)16-4-6-17(7-5-16)29(24,25)21-13-19(20-3-2-10-26-20)23-8-11-28-12-9-23/h2-7,10,14,19,21H,8-9,11-13H2,1H3/t19-/m1/s1. The third-order valence-corrected chi connectivity index (χ3v) is 7.29. The highest BCUT2D eigenvalue weighted by Gasteiger charge is 2.26. The molecule has 0 unspecified atom stereocenters. The van der Waals surface area contributed by atoms with E-state index in [2.05, 4.69) is 14.6 Å². The number of oxazole rings is 1. The minimum Gasteiger partial charge on any atom is -0.468 e. The Hall–Kier alpha value is -2.07. The van der Waals surface area contributed by atoms with Crippen molar-refractivity contribution in [1.29, 1.82) is 0 Å². The Bertz CT molecular complexity index is 1020. The Balaban J connectivity index is 1.48. The van der Waals surface area contributed by atoms with Crippen molar-refractivity contribution >= 4 is 21.8 Å². The lowest BCUT2D eigenvalue weighted by atomic mass is 10.2. The quantitative estimate of drug-likeness (QED) is 0.611. The normalized spacial score (nSPS) is 16.7. The van der Waals surface area contributed by atoms with Gasteiger partial charge in [-0.05, 0) is 24.3 Å². The first-order valence-electron chi connectivity index (χ1n) is 9.40. The van der Waals surface area contributed by atoms with Gasteiger partial charge in [-0.25, -0.2) is 18.1 Å². The molecule has 0 aliphatic carbocycles. The Labute approximate surface area is 174 Å². The maximum Gasteiger partial charge on any atom is 0.240 e. The fourth-order valence-corrected chi connectivity index (χ4v) is 5.32. The lowest BCUT2D eigenvalue weighted by Gasteiger charge is -2.33. The number of hydrogen-bond acceptors (Lipinski definition) is 7. The van der Waals surface area contributed by atoms with Crippen LogP contribution < -0.4 is 4.72 Å². The third kappa shape index (κ3) is 4.75. The molecule has 0 saturated carbocycles. The largest absolute Gasteiger partial charge is 0.468 e. The molecule has 1 saturated heterocycles. The molecule has 3 heterocycles. The van der Waals surface area contributed by atoms with Crippen molar-refractivity contribution in [2.45, 2.75) is 17.9 Å². The van der Waals surface area contributed by atoms with Crippen molar-refractivity contribution in [3.63, 3.8) is 0 Å². The summed E-state index contributed by atoms with van der Waals surface area (Å²) >= 11 is 1.91. The summed E-state index contributed by atoms with van der Waals surface area (Å²) in [5.74, 6) is 3.41. The second-order valence-electron chi connectivity index (χ2n) is 6.81. The van der Waals surface area contributed by atoms with Gasteiger partial charge < -0.3 is 8.83 Å². The number of benzene rings is 1. The van der Waals surface area contributed by atoms with Crippen LogP contribution in [0.4, 0.5) is 0 Å². The van der Waals surface area contributed by atoms with E-state index >= 15 is 0 Å². The van der Waals surface area contributed by atoms with E-state index in [1.807, 2.05) is 23.9 Å². The van der Waals surface area contributed by atoms with Crippen LogP contribution in [0.1, 0.15) is 17.7 Å². The predicted octanol–water partition coefficient (Wildman–Crippen LogP) is 3.31. The molecule has 0 bridgehead atoms. The molecule has 1 aliphatic heterocycles. The van der Waals surface area contributed by atoms with Crippen LogP contribution in [0.3, 0.4) is 0 Å². The number of aryl methyl sites for hydroxylation is 1. The number of nitrogens with one attached hydrogen (secondary N) is 1. The van der Waals surface area contributed by atoms with Crippen molar-refractivity contribution in [2.24, 2.45) is 0 Å². The van der Waals surface area contributed by atoms with Gasteiger partial charge >= 0.3 is 0 Å². The van der Waals surface area contributed by atoms with Gasteiger partial charge in [-0.1, -0.05) is 12.1 Å². The first-order chi connectivity index (χ1) is 14.0. The molecule has 154 valence electrons. The average molecular weight is 434 g/mol. The van der Waals surface area contributed by atoms with Crippen LogP contribution in [0.5, 0.6) is 0 Å². The fraction of sp³-hybridized carbons (Fsp3) is 0.350. The zero-order valence-corrected chi connectivity index (χ0v) is 17.7. The van der Waals surface area contributed by atoms with E-state index in [4.69, 9.17) is 8.83 Å². The minimum absolute atomic E-state index is 0.127. The summed E-state index contributed by atoms with van der Waals surface area (Å²) < 4.78 is 39.2. The van der Waals surface area contributed by atoms with Gasteiger partial charge in [0.15, 0.2) is 5.89 Å². The molecule has 1 fully saturated rings. The molecular formula is C20H23N3O4S2. The number of nitrogens with zero attached hydrogens (tertiary/aromatic N) is 2. The van der Waals surface area contributed by atoms with Crippen molar-refractivity contribution in [3.05, 3.63) is 60.6 Å². The number of furan rings is 1. The fourth-order valence-electron chi connectivity index (χ4n) is 3.35. The molecule has 1 aromatic carbocycles. The van der Waals surface area contributed by atoms with E-state index < -0.39 is 10.0 Å². The van der Waals surface area contributed by atoms with Gasteiger partial charge in [0.25, 0.3) is 0 Å². The monoisotopic (exact) mass is 433 g/mol. The smallest absolute Gasteiger partial charge is 0.240 e. The van der Waals surface area contributed by atoms with E-state index in [9.17, 15) is 8.42 Å². The molecule has 1 aliphatic rings. The molecule has 9 heteroatoms. The Morgan fingerprint density at radius 1 is 1.17 bits per heavy atom. The van der Waals surface area contributed by atoms with E-state index in [1.54, 1.807) is 43.7 Å². The van der Waals surface area contributed by atoms with Gasteiger partial charge in [-0.3, -0.25) is 4.90 Å². The molecule has 2 aromatic heterocycles. The van der Waals surface area contributed by atoms with E-state index in [0.29, 0.717) is 11.6 Å². The van der Waals surface area contributed by atoms with Gasteiger partial charge in [0, 0.05) is 43.6 Å². The van der Waals surface area contributed by atoms with Crippen LogP contribution in [0, 0.1) is 6.92 Å². The third-order valence-electron chi connectivity index (χ3n) is 4.90. The SMILES string of the molecule is Cc1nc(-c2ccc(S(=O)(=O)NC[C@H](c3ccco3)N3CCSCC3)cc2)co1. The zero-order chi connectivity index (χ0) is 20.3. The lowest BCUT2D eigenvalue weighted by molar-refractivity contribution is 0.193. The van der Waals surface area contributed by atoms with Crippen molar-refractivity contribution < 1.29 is 17.3 Å². The maximum absolute atomic E-state index is 12.8. The van der Waals surface area contributed by atoms with Crippen LogP contribution in [-0.2, 0) is 10.0 Å². The lowest BCUT2D eigenvalue weighted by Crippen LogP contribution is -2.41.